The van der Waals surface area contributed by atoms with E-state index in [0.717, 1.165) is 11.3 Å². The summed E-state index contributed by atoms with van der Waals surface area (Å²) in [7, 11) is 0. The zero-order valence-electron chi connectivity index (χ0n) is 14.4. The second-order valence-electron chi connectivity index (χ2n) is 6.22. The van der Waals surface area contributed by atoms with E-state index in [1.54, 1.807) is 24.0 Å². The molecule has 144 valence electrons. The maximum Gasteiger partial charge on any atom is 0.330 e. The van der Waals surface area contributed by atoms with Crippen molar-refractivity contribution in [2.45, 2.75) is 32.2 Å². The first kappa shape index (κ1) is 20.2. The minimum atomic E-state index is -4.31. The van der Waals surface area contributed by atoms with E-state index >= 15 is 0 Å². The van der Waals surface area contributed by atoms with Gasteiger partial charge in [-0.15, -0.1) is 0 Å². The minimum Gasteiger partial charge on any atom is -0.365 e. The van der Waals surface area contributed by atoms with Gasteiger partial charge in [0.05, 0.1) is 0 Å². The molecule has 0 unspecified atom stereocenters. The number of piperazine rings is 1. The van der Waals surface area contributed by atoms with Gasteiger partial charge < -0.3 is 14.5 Å². The van der Waals surface area contributed by atoms with Gasteiger partial charge in [-0.3, -0.25) is 9.59 Å². The van der Waals surface area contributed by atoms with Crippen molar-refractivity contribution >= 4 is 17.5 Å². The molecule has 9 heteroatoms. The molecule has 0 saturated carbocycles. The predicted octanol–water partition coefficient (Wildman–Crippen LogP) is 2.48. The van der Waals surface area contributed by atoms with Crippen molar-refractivity contribution in [3.8, 4) is 0 Å². The van der Waals surface area contributed by atoms with Crippen LogP contribution in [0.25, 0.3) is 0 Å². The Kier molecular flexibility index (Phi) is 6.22. The van der Waals surface area contributed by atoms with E-state index in [-0.39, 0.29) is 25.0 Å². The van der Waals surface area contributed by atoms with Gasteiger partial charge in [-0.05, 0) is 25.5 Å². The highest BCUT2D eigenvalue weighted by Gasteiger charge is 2.41. The standard InChI is InChI=1S/C17H20F4N2O3/c1-11-5-3-4-6-13(11)23-7-12(2)22(8-14(23)24)15(25)9-26-10-17(20,21)16(18)19/h3-6,12,16H,7-10H2,1-2H3/t12-/m1/s1. The Balaban J connectivity index is 1.96. The maximum atomic E-state index is 12.8. The zero-order valence-corrected chi connectivity index (χ0v) is 14.4. The number of nitrogens with zero attached hydrogens (tertiary/aromatic N) is 2. The fraction of sp³-hybridized carbons (Fsp3) is 0.529. The number of para-hydroxylation sites is 1. The SMILES string of the molecule is Cc1ccccc1N1C[C@@H](C)N(C(=O)COCC(F)(F)C(F)F)CC1=O. The number of aryl methyl sites for hydroxylation is 1. The van der Waals surface area contributed by atoms with Crippen molar-refractivity contribution in [2.75, 3.05) is 31.2 Å². The highest BCUT2D eigenvalue weighted by Crippen LogP contribution is 2.25. The number of alkyl halides is 4. The number of hydrogen-bond donors (Lipinski definition) is 0. The number of carbonyl (C=O) groups is 2. The molecule has 1 fully saturated rings. The van der Waals surface area contributed by atoms with Crippen LogP contribution in [0.15, 0.2) is 24.3 Å². The van der Waals surface area contributed by atoms with E-state index in [0.29, 0.717) is 0 Å². The Bertz CT molecular complexity index is 669. The van der Waals surface area contributed by atoms with Gasteiger partial charge in [-0.1, -0.05) is 18.2 Å². The van der Waals surface area contributed by atoms with E-state index in [4.69, 9.17) is 0 Å². The first-order valence-electron chi connectivity index (χ1n) is 8.02. The molecule has 0 bridgehead atoms. The Morgan fingerprint density at radius 3 is 2.62 bits per heavy atom. The summed E-state index contributed by atoms with van der Waals surface area (Å²) in [6.45, 7) is 1.24. The van der Waals surface area contributed by atoms with Gasteiger partial charge in [-0.25, -0.2) is 8.78 Å². The lowest BCUT2D eigenvalue weighted by atomic mass is 10.1. The van der Waals surface area contributed by atoms with E-state index in [1.165, 1.54) is 4.90 Å². The molecule has 1 aliphatic heterocycles. The van der Waals surface area contributed by atoms with Crippen LogP contribution >= 0.6 is 0 Å². The molecule has 1 atom stereocenters. The smallest absolute Gasteiger partial charge is 0.330 e. The number of amides is 2. The first-order valence-corrected chi connectivity index (χ1v) is 8.02. The van der Waals surface area contributed by atoms with Crippen molar-refractivity contribution < 1.29 is 31.9 Å². The summed E-state index contributed by atoms with van der Waals surface area (Å²) in [4.78, 5) is 27.3. The highest BCUT2D eigenvalue weighted by molar-refractivity contribution is 5.98. The van der Waals surface area contributed by atoms with Crippen LogP contribution in [0, 0.1) is 6.92 Å². The van der Waals surface area contributed by atoms with Gasteiger partial charge in [0, 0.05) is 18.3 Å². The van der Waals surface area contributed by atoms with E-state index in [1.807, 2.05) is 19.1 Å². The zero-order chi connectivity index (χ0) is 19.5. The van der Waals surface area contributed by atoms with Gasteiger partial charge in [-0.2, -0.15) is 8.78 Å². The molecule has 0 N–H and O–H groups in total. The largest absolute Gasteiger partial charge is 0.365 e. The maximum absolute atomic E-state index is 12.8. The number of halogens is 4. The fourth-order valence-corrected chi connectivity index (χ4v) is 2.70. The first-order chi connectivity index (χ1) is 12.1. The van der Waals surface area contributed by atoms with Crippen molar-refractivity contribution in [3.05, 3.63) is 29.8 Å². The van der Waals surface area contributed by atoms with Crippen molar-refractivity contribution in [3.63, 3.8) is 0 Å². The molecule has 5 nitrogen and oxygen atoms in total. The van der Waals surface area contributed by atoms with Gasteiger partial charge in [0.25, 0.3) is 0 Å². The van der Waals surface area contributed by atoms with Crippen LogP contribution in [0.1, 0.15) is 12.5 Å². The highest BCUT2D eigenvalue weighted by atomic mass is 19.3. The molecule has 0 aromatic heterocycles. The Morgan fingerprint density at radius 2 is 2.00 bits per heavy atom. The third-order valence-electron chi connectivity index (χ3n) is 4.15. The van der Waals surface area contributed by atoms with Crippen LogP contribution < -0.4 is 4.90 Å². The van der Waals surface area contributed by atoms with Gasteiger partial charge in [0.1, 0.15) is 19.8 Å². The van der Waals surface area contributed by atoms with Crippen LogP contribution in [0.4, 0.5) is 23.2 Å². The number of benzene rings is 1. The number of rotatable bonds is 6. The summed E-state index contributed by atoms with van der Waals surface area (Å²) in [5.41, 5.74) is 1.65. The molecule has 0 radical (unpaired) electrons. The van der Waals surface area contributed by atoms with Crippen LogP contribution in [0.3, 0.4) is 0 Å². The topological polar surface area (TPSA) is 49.9 Å². The lowest BCUT2D eigenvalue weighted by Gasteiger charge is -2.39. The number of ether oxygens (including phenoxy) is 1. The molecule has 1 saturated heterocycles. The van der Waals surface area contributed by atoms with E-state index in [2.05, 4.69) is 4.74 Å². The monoisotopic (exact) mass is 376 g/mol. The van der Waals surface area contributed by atoms with Crippen molar-refractivity contribution in [1.82, 2.24) is 4.90 Å². The average Bonchev–Trinajstić information content (AvgIpc) is 2.56. The summed E-state index contributed by atoms with van der Waals surface area (Å²) in [6.07, 6.45) is -3.87. The number of carbonyl (C=O) groups excluding carboxylic acids is 2. The molecule has 1 aromatic carbocycles. The van der Waals surface area contributed by atoms with Gasteiger partial charge >= 0.3 is 12.3 Å². The summed E-state index contributed by atoms with van der Waals surface area (Å²) in [5.74, 6) is -5.32. The molecule has 1 aliphatic rings. The molecule has 0 spiro atoms. The molecule has 2 rings (SSSR count). The van der Waals surface area contributed by atoms with Gasteiger partial charge in [0.15, 0.2) is 0 Å². The van der Waals surface area contributed by atoms with Crippen LogP contribution in [-0.4, -0.2) is 61.4 Å². The summed E-state index contributed by atoms with van der Waals surface area (Å²) < 4.78 is 54.2. The number of anilines is 1. The third kappa shape index (κ3) is 4.51. The molecular weight excluding hydrogens is 356 g/mol. The lowest BCUT2D eigenvalue weighted by Crippen LogP contribution is -2.58. The molecule has 0 aliphatic carbocycles. The molecule has 1 aromatic rings. The summed E-state index contributed by atoms with van der Waals surface area (Å²) in [6, 6.07) is 6.93. The van der Waals surface area contributed by atoms with E-state index < -0.39 is 31.5 Å². The lowest BCUT2D eigenvalue weighted by molar-refractivity contribution is -0.172. The van der Waals surface area contributed by atoms with Crippen LogP contribution in [-0.2, 0) is 14.3 Å². The summed E-state index contributed by atoms with van der Waals surface area (Å²) in [5, 5.41) is 0. The summed E-state index contributed by atoms with van der Waals surface area (Å²) >= 11 is 0. The normalized spacial score (nSPS) is 18.6. The van der Waals surface area contributed by atoms with Gasteiger partial charge in [0.2, 0.25) is 11.8 Å². The van der Waals surface area contributed by atoms with Crippen LogP contribution in [0.2, 0.25) is 0 Å². The molecule has 26 heavy (non-hydrogen) atoms. The quantitative estimate of drug-likeness (QED) is 0.717. The van der Waals surface area contributed by atoms with Crippen LogP contribution in [0.5, 0.6) is 0 Å². The second-order valence-corrected chi connectivity index (χ2v) is 6.22. The minimum absolute atomic E-state index is 0.233. The van der Waals surface area contributed by atoms with E-state index in [9.17, 15) is 27.2 Å². The van der Waals surface area contributed by atoms with Crippen molar-refractivity contribution in [1.29, 1.82) is 0 Å². The second kappa shape index (κ2) is 8.03. The van der Waals surface area contributed by atoms with Crippen molar-refractivity contribution in [2.24, 2.45) is 0 Å². The number of hydrogen-bond acceptors (Lipinski definition) is 3. The average molecular weight is 376 g/mol. The molecule has 2 amide bonds. The fourth-order valence-electron chi connectivity index (χ4n) is 2.70. The Morgan fingerprint density at radius 1 is 1.35 bits per heavy atom. The molecular formula is C17H20F4N2O3. The Labute approximate surface area is 148 Å². The Hall–Kier alpha value is -2.16. The molecule has 1 heterocycles. The third-order valence-corrected chi connectivity index (χ3v) is 4.15. The predicted molar refractivity (Wildman–Crippen MR) is 86.5 cm³/mol.